The second kappa shape index (κ2) is 4.32. The number of carbonyl (C=O) groups excluding carboxylic acids is 1. The zero-order valence-electron chi connectivity index (χ0n) is 5.76. The average molecular weight is 132 g/mol. The Morgan fingerprint density at radius 2 is 2.33 bits per heavy atom. The summed E-state index contributed by atoms with van der Waals surface area (Å²) in [7, 11) is 0. The van der Waals surface area contributed by atoms with E-state index in [2.05, 4.69) is 4.74 Å². The maximum atomic E-state index is 10.4. The van der Waals surface area contributed by atoms with Gasteiger partial charge in [0.15, 0.2) is 0 Å². The topological polar surface area (TPSA) is 46.5 Å². The van der Waals surface area contributed by atoms with Gasteiger partial charge in [-0.15, -0.1) is 0 Å². The maximum Gasteiger partial charge on any atom is 0.305 e. The van der Waals surface area contributed by atoms with Crippen LogP contribution >= 0.6 is 0 Å². The molecular formula is C6H12O3. The van der Waals surface area contributed by atoms with E-state index < -0.39 is 0 Å². The Morgan fingerprint density at radius 3 is 2.67 bits per heavy atom. The molecule has 1 N–H and O–H groups in total. The molecule has 1 unspecified atom stereocenters. The van der Waals surface area contributed by atoms with Crippen LogP contribution in [0.15, 0.2) is 0 Å². The minimum atomic E-state index is -0.363. The Labute approximate surface area is 54.6 Å². The number of aliphatic hydroxyl groups is 1. The normalized spacial score (nSPS) is 12.8. The largest absolute Gasteiger partial charge is 0.460 e. The molecule has 0 aliphatic rings. The van der Waals surface area contributed by atoms with Crippen molar-refractivity contribution in [1.29, 1.82) is 0 Å². The number of carbonyl (C=O) groups is 1. The van der Waals surface area contributed by atoms with Crippen molar-refractivity contribution in [2.75, 3.05) is 6.61 Å². The fraction of sp³-hybridized carbons (Fsp3) is 0.833. The van der Waals surface area contributed by atoms with Gasteiger partial charge in [0.25, 0.3) is 0 Å². The van der Waals surface area contributed by atoms with Gasteiger partial charge in [0.05, 0.1) is 6.61 Å². The van der Waals surface area contributed by atoms with E-state index in [1.54, 1.807) is 13.8 Å². The summed E-state index contributed by atoms with van der Waals surface area (Å²) in [4.78, 5) is 10.4. The molecule has 0 aliphatic heterocycles. The van der Waals surface area contributed by atoms with E-state index in [0.29, 0.717) is 6.42 Å². The monoisotopic (exact) mass is 132 g/mol. The number of hydrogen-bond acceptors (Lipinski definition) is 3. The van der Waals surface area contributed by atoms with Gasteiger partial charge in [-0.3, -0.25) is 4.79 Å². The Kier molecular flexibility index (Phi) is 4.05. The second-order valence-corrected chi connectivity index (χ2v) is 1.84. The van der Waals surface area contributed by atoms with Gasteiger partial charge in [-0.05, 0) is 6.92 Å². The molecule has 0 rings (SSSR count). The summed E-state index contributed by atoms with van der Waals surface area (Å²) in [5.41, 5.74) is 0. The molecule has 0 aromatic rings. The minimum absolute atomic E-state index is 0.105. The summed E-state index contributed by atoms with van der Waals surface area (Å²) in [6.07, 6.45) is 0.00194. The summed E-state index contributed by atoms with van der Waals surface area (Å²) < 4.78 is 4.66. The van der Waals surface area contributed by atoms with Crippen LogP contribution in [-0.2, 0) is 9.53 Å². The molecule has 0 aromatic carbocycles. The zero-order valence-corrected chi connectivity index (χ0v) is 5.76. The van der Waals surface area contributed by atoms with E-state index in [0.717, 1.165) is 0 Å². The summed E-state index contributed by atoms with van der Waals surface area (Å²) in [6, 6.07) is 0. The molecule has 1 atom stereocenters. The average Bonchev–Trinajstić information content (AvgIpc) is 1.87. The Morgan fingerprint density at radius 1 is 1.78 bits per heavy atom. The van der Waals surface area contributed by atoms with Crippen molar-refractivity contribution in [1.82, 2.24) is 0 Å². The highest BCUT2D eigenvalue weighted by Crippen LogP contribution is 1.91. The molecule has 54 valence electrons. The van der Waals surface area contributed by atoms with E-state index in [1.807, 2.05) is 0 Å². The molecule has 0 heterocycles. The van der Waals surface area contributed by atoms with Gasteiger partial charge >= 0.3 is 5.97 Å². The highest BCUT2D eigenvalue weighted by Gasteiger charge is 2.03. The zero-order chi connectivity index (χ0) is 7.28. The van der Waals surface area contributed by atoms with Gasteiger partial charge < -0.3 is 9.84 Å². The fourth-order valence-electron chi connectivity index (χ4n) is 0.345. The summed E-state index contributed by atoms with van der Waals surface area (Å²) in [5, 5.41) is 8.40. The molecule has 0 amide bonds. The summed E-state index contributed by atoms with van der Waals surface area (Å²) >= 11 is 0. The molecular weight excluding hydrogens is 120 g/mol. The molecule has 0 saturated heterocycles. The Balaban J connectivity index is 3.34. The van der Waals surface area contributed by atoms with Crippen LogP contribution in [0.1, 0.15) is 20.3 Å². The van der Waals surface area contributed by atoms with E-state index in [-0.39, 0.29) is 18.7 Å². The molecule has 0 aliphatic carbocycles. The predicted molar refractivity (Wildman–Crippen MR) is 32.9 cm³/mol. The highest BCUT2D eigenvalue weighted by molar-refractivity contribution is 5.69. The lowest BCUT2D eigenvalue weighted by molar-refractivity contribution is -0.149. The van der Waals surface area contributed by atoms with Crippen molar-refractivity contribution in [3.63, 3.8) is 0 Å². The van der Waals surface area contributed by atoms with Crippen molar-refractivity contribution >= 4 is 5.97 Å². The van der Waals surface area contributed by atoms with Crippen LogP contribution in [-0.4, -0.2) is 23.8 Å². The maximum absolute atomic E-state index is 10.4. The molecule has 3 heteroatoms. The number of ether oxygens (including phenoxy) is 1. The van der Waals surface area contributed by atoms with Gasteiger partial charge in [0, 0.05) is 6.42 Å². The smallest absolute Gasteiger partial charge is 0.305 e. The van der Waals surface area contributed by atoms with Crippen molar-refractivity contribution in [2.45, 2.75) is 26.4 Å². The highest BCUT2D eigenvalue weighted by atomic mass is 16.5. The number of aliphatic hydroxyl groups excluding tert-OH is 1. The number of rotatable bonds is 3. The van der Waals surface area contributed by atoms with Crippen LogP contribution in [0.25, 0.3) is 0 Å². The lowest BCUT2D eigenvalue weighted by Gasteiger charge is -2.07. The van der Waals surface area contributed by atoms with E-state index in [9.17, 15) is 4.79 Å². The first-order valence-corrected chi connectivity index (χ1v) is 3.01. The van der Waals surface area contributed by atoms with E-state index in [4.69, 9.17) is 5.11 Å². The lowest BCUT2D eigenvalue weighted by atomic mass is 10.4. The quantitative estimate of drug-likeness (QED) is 0.562. The van der Waals surface area contributed by atoms with Crippen molar-refractivity contribution < 1.29 is 14.6 Å². The lowest BCUT2D eigenvalue weighted by Crippen LogP contribution is -2.17. The summed E-state index contributed by atoms with van der Waals surface area (Å²) in [6.45, 7) is 3.26. The van der Waals surface area contributed by atoms with E-state index in [1.165, 1.54) is 0 Å². The predicted octanol–water partition coefficient (Wildman–Crippen LogP) is 0.320. The standard InChI is InChI=1S/C6H12O3/c1-3-6(8)9-5(2)4-7/h5,7H,3-4H2,1-2H3. The van der Waals surface area contributed by atoms with Crippen molar-refractivity contribution in [2.24, 2.45) is 0 Å². The van der Waals surface area contributed by atoms with Crippen LogP contribution in [0, 0.1) is 0 Å². The van der Waals surface area contributed by atoms with Crippen LogP contribution < -0.4 is 0 Å². The number of esters is 1. The van der Waals surface area contributed by atoms with Gasteiger partial charge in [-0.25, -0.2) is 0 Å². The van der Waals surface area contributed by atoms with Gasteiger partial charge in [0.1, 0.15) is 6.10 Å². The molecule has 0 bridgehead atoms. The SMILES string of the molecule is CCC(=O)OC(C)CO. The first-order valence-electron chi connectivity index (χ1n) is 3.01. The Hall–Kier alpha value is -0.570. The minimum Gasteiger partial charge on any atom is -0.460 e. The molecule has 0 spiro atoms. The fourth-order valence-corrected chi connectivity index (χ4v) is 0.345. The first kappa shape index (κ1) is 8.43. The molecule has 0 fully saturated rings. The molecule has 0 aromatic heterocycles. The van der Waals surface area contributed by atoms with Crippen molar-refractivity contribution in [3.8, 4) is 0 Å². The van der Waals surface area contributed by atoms with Crippen LogP contribution in [0.5, 0.6) is 0 Å². The summed E-state index contributed by atoms with van der Waals surface area (Å²) in [5.74, 6) is -0.267. The van der Waals surface area contributed by atoms with Crippen molar-refractivity contribution in [3.05, 3.63) is 0 Å². The van der Waals surface area contributed by atoms with E-state index >= 15 is 0 Å². The first-order chi connectivity index (χ1) is 4.20. The second-order valence-electron chi connectivity index (χ2n) is 1.84. The van der Waals surface area contributed by atoms with Gasteiger partial charge in [-0.1, -0.05) is 6.92 Å². The third kappa shape index (κ3) is 3.97. The molecule has 3 nitrogen and oxygen atoms in total. The van der Waals surface area contributed by atoms with Crippen LogP contribution in [0.4, 0.5) is 0 Å². The third-order valence-corrected chi connectivity index (χ3v) is 0.878. The van der Waals surface area contributed by atoms with Crippen LogP contribution in [0.2, 0.25) is 0 Å². The number of hydrogen-bond donors (Lipinski definition) is 1. The third-order valence-electron chi connectivity index (χ3n) is 0.878. The molecule has 9 heavy (non-hydrogen) atoms. The molecule has 0 radical (unpaired) electrons. The van der Waals surface area contributed by atoms with Gasteiger partial charge in [0.2, 0.25) is 0 Å². The Bertz CT molecular complexity index is 90.3. The van der Waals surface area contributed by atoms with Crippen LogP contribution in [0.3, 0.4) is 0 Å². The van der Waals surface area contributed by atoms with Gasteiger partial charge in [-0.2, -0.15) is 0 Å². The molecule has 0 saturated carbocycles.